The first-order valence-corrected chi connectivity index (χ1v) is 11.1. The monoisotopic (exact) mass is 435 g/mol. The van der Waals surface area contributed by atoms with Crippen molar-refractivity contribution >= 4 is 22.5 Å². The molecule has 1 aliphatic heterocycles. The molecule has 4 aromatic carbocycles. The molecule has 0 unspecified atom stereocenters. The van der Waals surface area contributed by atoms with E-state index in [-0.39, 0.29) is 23.7 Å². The largest absolute Gasteiger partial charge is 0.468 e. The summed E-state index contributed by atoms with van der Waals surface area (Å²) in [7, 11) is 1.39. The molecule has 164 valence electrons. The van der Waals surface area contributed by atoms with E-state index in [1.807, 2.05) is 78.9 Å². The lowest BCUT2D eigenvalue weighted by molar-refractivity contribution is -0.143. The van der Waals surface area contributed by atoms with E-state index in [0.29, 0.717) is 5.56 Å². The summed E-state index contributed by atoms with van der Waals surface area (Å²) in [6.45, 7) is 0. The van der Waals surface area contributed by atoms with Crippen LogP contribution in [0, 0.1) is 5.92 Å². The Kier molecular flexibility index (Phi) is 5.76. The van der Waals surface area contributed by atoms with E-state index < -0.39 is 12.0 Å². The molecule has 1 N–H and O–H groups in total. The maximum atomic E-state index is 13.9. The summed E-state index contributed by atoms with van der Waals surface area (Å²) < 4.78 is 5.16. The number of benzene rings is 4. The highest BCUT2D eigenvalue weighted by Gasteiger charge is 2.51. The van der Waals surface area contributed by atoms with Gasteiger partial charge in [-0.2, -0.15) is 0 Å². The summed E-state index contributed by atoms with van der Waals surface area (Å²) in [5, 5.41) is 5.71. The average molecular weight is 436 g/mol. The fraction of sp³-hybridized carbons (Fsp3) is 0.172. The van der Waals surface area contributed by atoms with Gasteiger partial charge in [0.2, 0.25) is 0 Å². The number of hydrogen-bond acceptors (Lipinski definition) is 4. The Labute approximate surface area is 193 Å². The molecule has 0 radical (unpaired) electrons. The molecule has 1 saturated heterocycles. The van der Waals surface area contributed by atoms with Crippen molar-refractivity contribution in [2.45, 2.75) is 18.0 Å². The first-order chi connectivity index (χ1) is 16.2. The predicted octanol–water partition coefficient (Wildman–Crippen LogP) is 5.31. The van der Waals surface area contributed by atoms with Crippen molar-refractivity contribution in [3.8, 4) is 0 Å². The Morgan fingerprint density at radius 3 is 2.06 bits per heavy atom. The summed E-state index contributed by atoms with van der Waals surface area (Å²) >= 11 is 0. The highest BCUT2D eigenvalue weighted by molar-refractivity contribution is 6.00. The van der Waals surface area contributed by atoms with Gasteiger partial charge in [0, 0.05) is 17.5 Å². The van der Waals surface area contributed by atoms with E-state index in [0.717, 1.165) is 21.9 Å². The Balaban J connectivity index is 1.67. The number of hydrogen-bond donors (Lipinski definition) is 1. The Morgan fingerprint density at radius 2 is 1.36 bits per heavy atom. The lowest BCUT2D eigenvalue weighted by atomic mass is 9.76. The minimum Gasteiger partial charge on any atom is -0.468 e. The molecule has 0 aliphatic carbocycles. The summed E-state index contributed by atoms with van der Waals surface area (Å²) in [5.74, 6) is -1.18. The van der Waals surface area contributed by atoms with Gasteiger partial charge < -0.3 is 4.74 Å². The number of nitrogens with one attached hydrogen (secondary N) is 1. The molecule has 4 heteroatoms. The van der Waals surface area contributed by atoms with E-state index in [1.165, 1.54) is 7.11 Å². The quantitative estimate of drug-likeness (QED) is 0.341. The van der Waals surface area contributed by atoms with Gasteiger partial charge in [0.15, 0.2) is 5.78 Å². The molecule has 4 nitrogen and oxygen atoms in total. The fourth-order valence-electron chi connectivity index (χ4n) is 5.05. The third-order valence-corrected chi connectivity index (χ3v) is 6.60. The number of methoxy groups -OCH3 is 1. The average Bonchev–Trinajstić information content (AvgIpc) is 3.29. The van der Waals surface area contributed by atoms with Crippen LogP contribution in [0.4, 0.5) is 0 Å². The fourth-order valence-corrected chi connectivity index (χ4v) is 5.05. The minimum absolute atomic E-state index is 0.0153. The van der Waals surface area contributed by atoms with Gasteiger partial charge in [0.25, 0.3) is 0 Å². The van der Waals surface area contributed by atoms with Crippen LogP contribution in [0.5, 0.6) is 0 Å². The lowest BCUT2D eigenvalue weighted by Crippen LogP contribution is -2.36. The second kappa shape index (κ2) is 9.00. The van der Waals surface area contributed by atoms with Crippen LogP contribution in [0.1, 0.15) is 33.4 Å². The van der Waals surface area contributed by atoms with E-state index in [9.17, 15) is 9.59 Å². The molecule has 0 amide bonds. The van der Waals surface area contributed by atoms with Crippen LogP contribution >= 0.6 is 0 Å². The number of carbonyl (C=O) groups is 2. The van der Waals surface area contributed by atoms with Crippen molar-refractivity contribution in [2.75, 3.05) is 7.11 Å². The number of carbonyl (C=O) groups excluding carboxylic acids is 2. The lowest BCUT2D eigenvalue weighted by Gasteiger charge is -2.25. The van der Waals surface area contributed by atoms with Crippen molar-refractivity contribution in [3.05, 3.63) is 120 Å². The zero-order valence-corrected chi connectivity index (χ0v) is 18.3. The van der Waals surface area contributed by atoms with Crippen molar-refractivity contribution in [3.63, 3.8) is 0 Å². The number of esters is 1. The Hall–Kier alpha value is -3.76. The minimum atomic E-state index is -0.633. The Morgan fingerprint density at radius 1 is 0.727 bits per heavy atom. The van der Waals surface area contributed by atoms with E-state index in [1.54, 1.807) is 0 Å². The zero-order valence-electron chi connectivity index (χ0n) is 18.3. The van der Waals surface area contributed by atoms with Crippen LogP contribution < -0.4 is 5.32 Å². The maximum Gasteiger partial charge on any atom is 0.323 e. The smallest absolute Gasteiger partial charge is 0.323 e. The topological polar surface area (TPSA) is 55.4 Å². The summed E-state index contributed by atoms with van der Waals surface area (Å²) in [6, 6.07) is 32.5. The molecule has 1 fully saturated rings. The SMILES string of the molecule is COC(=O)[C@H]1N[C@@H](c2ccc3ccccc3c2)[C@H](C(=O)c2ccccc2)[C@H]1c1ccccc1. The van der Waals surface area contributed by atoms with Crippen molar-refractivity contribution < 1.29 is 14.3 Å². The van der Waals surface area contributed by atoms with Crippen LogP contribution in [0.2, 0.25) is 0 Å². The molecule has 1 heterocycles. The van der Waals surface area contributed by atoms with E-state index in [2.05, 4.69) is 29.6 Å². The molecule has 0 aromatic heterocycles. The van der Waals surface area contributed by atoms with Crippen LogP contribution in [-0.4, -0.2) is 24.9 Å². The van der Waals surface area contributed by atoms with Gasteiger partial charge in [-0.1, -0.05) is 97.1 Å². The highest BCUT2D eigenvalue weighted by atomic mass is 16.5. The second-order valence-electron chi connectivity index (χ2n) is 8.44. The molecule has 33 heavy (non-hydrogen) atoms. The molecule has 4 aromatic rings. The number of rotatable bonds is 5. The highest BCUT2D eigenvalue weighted by Crippen LogP contribution is 2.45. The van der Waals surface area contributed by atoms with Crippen LogP contribution in [-0.2, 0) is 9.53 Å². The summed E-state index contributed by atoms with van der Waals surface area (Å²) in [5.41, 5.74) is 2.56. The predicted molar refractivity (Wildman–Crippen MR) is 129 cm³/mol. The van der Waals surface area contributed by atoms with E-state index >= 15 is 0 Å². The third kappa shape index (κ3) is 3.94. The van der Waals surface area contributed by atoms with Gasteiger partial charge in [-0.25, -0.2) is 0 Å². The third-order valence-electron chi connectivity index (χ3n) is 6.60. The van der Waals surface area contributed by atoms with Crippen LogP contribution in [0.3, 0.4) is 0 Å². The standard InChI is InChI=1S/C29H25NO3/c1-33-29(32)27-24(20-11-4-2-5-12-20)25(28(31)21-13-6-3-7-14-21)26(30-27)23-17-16-19-10-8-9-15-22(19)18-23/h2-18,24-27,30H,1H3/t24-,25-,26+,27+/m1/s1. The summed E-state index contributed by atoms with van der Waals surface area (Å²) in [4.78, 5) is 26.8. The summed E-state index contributed by atoms with van der Waals surface area (Å²) in [6.07, 6.45) is 0. The first kappa shape index (κ1) is 21.1. The van der Waals surface area contributed by atoms with Gasteiger partial charge in [0.1, 0.15) is 6.04 Å². The van der Waals surface area contributed by atoms with Crippen molar-refractivity contribution in [2.24, 2.45) is 5.92 Å². The van der Waals surface area contributed by atoms with Crippen LogP contribution in [0.15, 0.2) is 103 Å². The Bertz CT molecular complexity index is 1290. The maximum absolute atomic E-state index is 13.9. The van der Waals surface area contributed by atoms with Gasteiger partial charge in [-0.15, -0.1) is 0 Å². The number of Topliss-reactive ketones (excluding diaryl/α,β-unsaturated/α-hetero) is 1. The number of ketones is 1. The molecule has 1 aliphatic rings. The number of ether oxygens (including phenoxy) is 1. The van der Waals surface area contributed by atoms with Gasteiger partial charge in [-0.3, -0.25) is 14.9 Å². The molecule has 0 bridgehead atoms. The van der Waals surface area contributed by atoms with Crippen molar-refractivity contribution in [1.29, 1.82) is 0 Å². The van der Waals surface area contributed by atoms with Gasteiger partial charge >= 0.3 is 5.97 Å². The number of fused-ring (bicyclic) bond motifs is 1. The molecule has 4 atom stereocenters. The van der Waals surface area contributed by atoms with Gasteiger partial charge in [0.05, 0.1) is 13.0 Å². The van der Waals surface area contributed by atoms with Crippen LogP contribution in [0.25, 0.3) is 10.8 Å². The van der Waals surface area contributed by atoms with Gasteiger partial charge in [-0.05, 0) is 28.0 Å². The molecular weight excluding hydrogens is 410 g/mol. The molecular formula is C29H25NO3. The van der Waals surface area contributed by atoms with E-state index in [4.69, 9.17) is 4.74 Å². The molecule has 0 saturated carbocycles. The van der Waals surface area contributed by atoms with Crippen molar-refractivity contribution in [1.82, 2.24) is 5.32 Å². The first-order valence-electron chi connectivity index (χ1n) is 11.1. The second-order valence-corrected chi connectivity index (χ2v) is 8.44. The normalized spacial score (nSPS) is 22.2. The molecule has 5 rings (SSSR count). The zero-order chi connectivity index (χ0) is 22.8. The molecule has 0 spiro atoms.